The van der Waals surface area contributed by atoms with E-state index in [0.29, 0.717) is 16.8 Å². The number of benzene rings is 2. The van der Waals surface area contributed by atoms with Gasteiger partial charge in [0.15, 0.2) is 0 Å². The molecule has 1 N–H and O–H groups in total. The van der Waals surface area contributed by atoms with Crippen molar-refractivity contribution in [3.63, 3.8) is 0 Å². The molecule has 7 heteroatoms. The van der Waals surface area contributed by atoms with Crippen LogP contribution in [0.5, 0.6) is 0 Å². The van der Waals surface area contributed by atoms with Gasteiger partial charge in [-0.3, -0.25) is 14.9 Å². The van der Waals surface area contributed by atoms with Crippen LogP contribution < -0.4 is 5.32 Å². The summed E-state index contributed by atoms with van der Waals surface area (Å²) in [6.45, 7) is 2.00. The Hall–Kier alpha value is -3.48. The minimum atomic E-state index is -0.508. The molecule has 2 rings (SSSR count). The molecule has 0 aromatic heterocycles. The van der Waals surface area contributed by atoms with Gasteiger partial charge in [-0.1, -0.05) is 12.1 Å². The van der Waals surface area contributed by atoms with Crippen molar-refractivity contribution < 1.29 is 19.2 Å². The van der Waals surface area contributed by atoms with Crippen molar-refractivity contribution in [1.82, 2.24) is 0 Å². The Kier molecular flexibility index (Phi) is 6.00. The number of esters is 1. The normalized spacial score (nSPS) is 10.4. The molecule has 128 valence electrons. The van der Waals surface area contributed by atoms with Crippen molar-refractivity contribution in [3.05, 3.63) is 75.8 Å². The molecule has 0 saturated heterocycles. The lowest BCUT2D eigenvalue weighted by Crippen LogP contribution is -2.09. The molecule has 0 fully saturated rings. The molecule has 0 radical (unpaired) electrons. The highest BCUT2D eigenvalue weighted by Crippen LogP contribution is 2.19. The second-order valence-electron chi connectivity index (χ2n) is 4.94. The summed E-state index contributed by atoms with van der Waals surface area (Å²) in [6, 6.07) is 12.4. The van der Waals surface area contributed by atoms with E-state index < -0.39 is 16.8 Å². The van der Waals surface area contributed by atoms with E-state index in [1.54, 1.807) is 49.4 Å². The predicted molar refractivity (Wildman–Crippen MR) is 93.2 cm³/mol. The molecule has 0 unspecified atom stereocenters. The van der Waals surface area contributed by atoms with E-state index in [1.807, 2.05) is 0 Å². The van der Waals surface area contributed by atoms with Crippen molar-refractivity contribution >= 4 is 29.3 Å². The number of hydrogen-bond acceptors (Lipinski definition) is 5. The quantitative estimate of drug-likeness (QED) is 0.376. The number of ether oxygens (including phenoxy) is 1. The topological polar surface area (TPSA) is 98.5 Å². The summed E-state index contributed by atoms with van der Waals surface area (Å²) in [4.78, 5) is 33.9. The summed E-state index contributed by atoms with van der Waals surface area (Å²) in [5.41, 5.74) is 1.13. The van der Waals surface area contributed by atoms with Crippen LogP contribution in [0.3, 0.4) is 0 Å². The van der Waals surface area contributed by atoms with E-state index in [1.165, 1.54) is 18.2 Å². The first-order chi connectivity index (χ1) is 12.0. The summed E-state index contributed by atoms with van der Waals surface area (Å²) >= 11 is 0. The van der Waals surface area contributed by atoms with Crippen LogP contribution in [-0.2, 0) is 9.53 Å². The summed E-state index contributed by atoms with van der Waals surface area (Å²) < 4.78 is 4.87. The fourth-order valence-electron chi connectivity index (χ4n) is 2.05. The first-order valence-corrected chi connectivity index (χ1v) is 7.51. The van der Waals surface area contributed by atoms with Crippen molar-refractivity contribution in [2.24, 2.45) is 0 Å². The number of carbonyl (C=O) groups excluding carboxylic acids is 2. The standard InChI is InChI=1S/C18H16N2O5/c1-2-25-18(22)14-7-10-15(11-8-14)19-17(21)12-9-13-5-3-4-6-16(13)20(23)24/h3-12H,2H2,1H3,(H,19,21). The van der Waals surface area contributed by atoms with E-state index in [9.17, 15) is 19.7 Å². The number of rotatable bonds is 6. The number of nitrogens with one attached hydrogen (secondary N) is 1. The zero-order chi connectivity index (χ0) is 18.2. The van der Waals surface area contributed by atoms with Crippen LogP contribution >= 0.6 is 0 Å². The first kappa shape index (κ1) is 17.9. The van der Waals surface area contributed by atoms with Crippen molar-refractivity contribution in [2.45, 2.75) is 6.92 Å². The molecule has 0 aliphatic heterocycles. The molecule has 0 aliphatic rings. The van der Waals surface area contributed by atoms with Gasteiger partial charge in [0.2, 0.25) is 5.91 Å². The fraction of sp³-hybridized carbons (Fsp3) is 0.111. The van der Waals surface area contributed by atoms with Crippen molar-refractivity contribution in [2.75, 3.05) is 11.9 Å². The maximum Gasteiger partial charge on any atom is 0.338 e. The highest BCUT2D eigenvalue weighted by atomic mass is 16.6. The van der Waals surface area contributed by atoms with E-state index in [0.717, 1.165) is 0 Å². The van der Waals surface area contributed by atoms with Crippen LogP contribution in [0.1, 0.15) is 22.8 Å². The zero-order valence-electron chi connectivity index (χ0n) is 13.5. The van der Waals surface area contributed by atoms with Gasteiger partial charge in [0.1, 0.15) is 0 Å². The molecular formula is C18H16N2O5. The molecule has 0 aliphatic carbocycles. The molecule has 2 aromatic carbocycles. The van der Waals surface area contributed by atoms with Gasteiger partial charge < -0.3 is 10.1 Å². The number of nitro groups is 1. The first-order valence-electron chi connectivity index (χ1n) is 7.51. The second kappa shape index (κ2) is 8.39. The number of hydrogen-bond donors (Lipinski definition) is 1. The third-order valence-electron chi connectivity index (χ3n) is 3.21. The highest BCUT2D eigenvalue weighted by molar-refractivity contribution is 6.02. The van der Waals surface area contributed by atoms with Gasteiger partial charge in [-0.15, -0.1) is 0 Å². The average Bonchev–Trinajstić information content (AvgIpc) is 2.61. The molecule has 0 atom stereocenters. The minimum Gasteiger partial charge on any atom is -0.462 e. The van der Waals surface area contributed by atoms with Gasteiger partial charge in [-0.2, -0.15) is 0 Å². The maximum atomic E-state index is 11.9. The molecule has 0 saturated carbocycles. The van der Waals surface area contributed by atoms with Gasteiger partial charge in [-0.25, -0.2) is 4.79 Å². The van der Waals surface area contributed by atoms with Gasteiger partial charge in [0, 0.05) is 17.8 Å². The van der Waals surface area contributed by atoms with E-state index in [4.69, 9.17) is 4.74 Å². The second-order valence-corrected chi connectivity index (χ2v) is 4.94. The van der Waals surface area contributed by atoms with Crippen LogP contribution in [0, 0.1) is 10.1 Å². The zero-order valence-corrected chi connectivity index (χ0v) is 13.5. The third-order valence-corrected chi connectivity index (χ3v) is 3.21. The smallest absolute Gasteiger partial charge is 0.338 e. The van der Waals surface area contributed by atoms with Crippen molar-refractivity contribution in [3.8, 4) is 0 Å². The Bertz CT molecular complexity index is 812. The fourth-order valence-corrected chi connectivity index (χ4v) is 2.05. The monoisotopic (exact) mass is 340 g/mol. The van der Waals surface area contributed by atoms with Crippen LogP contribution in [0.2, 0.25) is 0 Å². The molecule has 7 nitrogen and oxygen atoms in total. The Balaban J connectivity index is 2.03. The van der Waals surface area contributed by atoms with Gasteiger partial charge in [0.25, 0.3) is 5.69 Å². The number of para-hydroxylation sites is 1. The number of anilines is 1. The highest BCUT2D eigenvalue weighted by Gasteiger charge is 2.10. The summed E-state index contributed by atoms with van der Waals surface area (Å²) in [5, 5.41) is 13.5. The Morgan fingerprint density at radius 2 is 1.84 bits per heavy atom. The van der Waals surface area contributed by atoms with Gasteiger partial charge in [0.05, 0.1) is 22.7 Å². The molecular weight excluding hydrogens is 324 g/mol. The molecule has 25 heavy (non-hydrogen) atoms. The van der Waals surface area contributed by atoms with Crippen LogP contribution in [0.15, 0.2) is 54.6 Å². The van der Waals surface area contributed by atoms with Gasteiger partial charge in [-0.05, 0) is 43.3 Å². The molecule has 0 bridgehead atoms. The van der Waals surface area contributed by atoms with Crippen LogP contribution in [-0.4, -0.2) is 23.4 Å². The van der Waals surface area contributed by atoms with E-state index in [-0.39, 0.29) is 12.3 Å². The number of nitrogens with zero attached hydrogens (tertiary/aromatic N) is 1. The predicted octanol–water partition coefficient (Wildman–Crippen LogP) is 3.42. The Morgan fingerprint density at radius 1 is 1.16 bits per heavy atom. The lowest BCUT2D eigenvalue weighted by atomic mass is 10.1. The van der Waals surface area contributed by atoms with Crippen LogP contribution in [0.25, 0.3) is 6.08 Å². The molecule has 2 aromatic rings. The molecule has 0 heterocycles. The summed E-state index contributed by atoms with van der Waals surface area (Å²) in [7, 11) is 0. The number of amides is 1. The largest absolute Gasteiger partial charge is 0.462 e. The lowest BCUT2D eigenvalue weighted by Gasteiger charge is -2.04. The van der Waals surface area contributed by atoms with Crippen LogP contribution in [0.4, 0.5) is 11.4 Å². The van der Waals surface area contributed by atoms with E-state index >= 15 is 0 Å². The Labute approximate surface area is 144 Å². The molecule has 0 spiro atoms. The minimum absolute atomic E-state index is 0.0784. The molecule has 1 amide bonds. The van der Waals surface area contributed by atoms with Gasteiger partial charge >= 0.3 is 5.97 Å². The summed E-state index contributed by atoms with van der Waals surface area (Å²) in [5.74, 6) is -0.876. The Morgan fingerprint density at radius 3 is 2.48 bits per heavy atom. The van der Waals surface area contributed by atoms with E-state index in [2.05, 4.69) is 5.32 Å². The lowest BCUT2D eigenvalue weighted by molar-refractivity contribution is -0.385. The number of carbonyl (C=O) groups is 2. The SMILES string of the molecule is CCOC(=O)c1ccc(NC(=O)C=Cc2ccccc2[N+](=O)[O-])cc1. The van der Waals surface area contributed by atoms with Crippen molar-refractivity contribution in [1.29, 1.82) is 0 Å². The maximum absolute atomic E-state index is 11.9. The third kappa shape index (κ3) is 5.00. The number of nitro benzene ring substituents is 1. The average molecular weight is 340 g/mol. The summed E-state index contributed by atoms with van der Waals surface area (Å²) in [6.07, 6.45) is 2.59.